The molecule has 4 amide bonds. The van der Waals surface area contributed by atoms with Crippen molar-refractivity contribution in [1.82, 2.24) is 29.8 Å². The van der Waals surface area contributed by atoms with Crippen LogP contribution >= 0.6 is 0 Å². The molecule has 5 rings (SSSR count). The van der Waals surface area contributed by atoms with Gasteiger partial charge in [0, 0.05) is 45.2 Å². The fourth-order valence-corrected chi connectivity index (χ4v) is 5.85. The Morgan fingerprint density at radius 3 is 2.42 bits per heavy atom. The van der Waals surface area contributed by atoms with E-state index in [2.05, 4.69) is 10.4 Å². The minimum absolute atomic E-state index is 0.0910. The van der Waals surface area contributed by atoms with E-state index >= 15 is 0 Å². The number of furan rings is 1. The Hall–Kier alpha value is -5.34. The Bertz CT molecular complexity index is 1610. The molecule has 2 aliphatic heterocycles. The molecule has 256 valence electrons. The molecule has 0 spiro atoms. The number of piperazine rings is 1. The molecular formula is C33H40N6O9. The highest BCUT2D eigenvalue weighted by Crippen LogP contribution is 2.33. The highest BCUT2D eigenvalue weighted by atomic mass is 16.6. The summed E-state index contributed by atoms with van der Waals surface area (Å²) < 4.78 is 18.2. The van der Waals surface area contributed by atoms with Crippen LogP contribution in [0.5, 0.6) is 5.88 Å². The Morgan fingerprint density at radius 2 is 1.75 bits per heavy atom. The first-order chi connectivity index (χ1) is 23.1. The summed E-state index contributed by atoms with van der Waals surface area (Å²) in [7, 11) is 0. The number of aryl methyl sites for hydroxylation is 1. The zero-order chi connectivity index (χ0) is 34.2. The summed E-state index contributed by atoms with van der Waals surface area (Å²) >= 11 is 0. The maximum absolute atomic E-state index is 13.5. The van der Waals surface area contributed by atoms with Crippen molar-refractivity contribution in [3.8, 4) is 11.6 Å². The zero-order valence-corrected chi connectivity index (χ0v) is 27.0. The molecular weight excluding hydrogens is 624 g/mol. The van der Waals surface area contributed by atoms with E-state index in [1.54, 1.807) is 36.1 Å². The second-order valence-corrected chi connectivity index (χ2v) is 11.6. The van der Waals surface area contributed by atoms with Crippen molar-refractivity contribution in [2.45, 2.75) is 51.6 Å². The van der Waals surface area contributed by atoms with Crippen LogP contribution in [-0.4, -0.2) is 111 Å². The van der Waals surface area contributed by atoms with Crippen molar-refractivity contribution >= 4 is 29.8 Å². The Labute approximate surface area is 277 Å². The van der Waals surface area contributed by atoms with Crippen LogP contribution in [0.15, 0.2) is 52.9 Å². The lowest BCUT2D eigenvalue weighted by Gasteiger charge is -2.35. The van der Waals surface area contributed by atoms with Crippen LogP contribution in [-0.2, 0) is 19.1 Å². The molecule has 2 fully saturated rings. The van der Waals surface area contributed by atoms with E-state index in [9.17, 15) is 29.1 Å². The lowest BCUT2D eigenvalue weighted by molar-refractivity contribution is -0.138. The van der Waals surface area contributed by atoms with E-state index in [-0.39, 0.29) is 75.8 Å². The van der Waals surface area contributed by atoms with Crippen LogP contribution in [0.3, 0.4) is 0 Å². The van der Waals surface area contributed by atoms with Crippen LogP contribution in [0.1, 0.15) is 60.7 Å². The molecule has 0 saturated carbocycles. The average Bonchev–Trinajstić information content (AvgIpc) is 3.85. The quantitative estimate of drug-likeness (QED) is 0.293. The van der Waals surface area contributed by atoms with E-state index in [1.165, 1.54) is 20.5 Å². The lowest BCUT2D eigenvalue weighted by atomic mass is 10.1. The maximum atomic E-state index is 13.5. The molecule has 2 aliphatic rings. The second kappa shape index (κ2) is 15.5. The van der Waals surface area contributed by atoms with Gasteiger partial charge in [0.1, 0.15) is 17.6 Å². The number of carbonyl (C=O) groups excluding carboxylic acids is 4. The number of aliphatic carboxylic acids is 1. The normalized spacial score (nSPS) is 16.8. The first-order valence-corrected chi connectivity index (χ1v) is 16.0. The van der Waals surface area contributed by atoms with Crippen molar-refractivity contribution in [2.75, 3.05) is 45.9 Å². The van der Waals surface area contributed by atoms with Crippen molar-refractivity contribution in [3.05, 3.63) is 65.7 Å². The van der Waals surface area contributed by atoms with Crippen LogP contribution in [0.4, 0.5) is 4.79 Å². The third-order valence-corrected chi connectivity index (χ3v) is 8.28. The summed E-state index contributed by atoms with van der Waals surface area (Å²) in [6.45, 7) is 4.91. The van der Waals surface area contributed by atoms with Crippen LogP contribution in [0, 0.1) is 6.92 Å². The molecule has 15 nitrogen and oxygen atoms in total. The number of carboxylic acids is 1. The molecule has 2 saturated heterocycles. The fraction of sp³-hybridized carbons (Fsp3) is 0.455. The second-order valence-electron chi connectivity index (χ2n) is 11.6. The van der Waals surface area contributed by atoms with E-state index in [4.69, 9.17) is 13.9 Å². The number of aromatic nitrogens is 2. The van der Waals surface area contributed by atoms with E-state index in [1.807, 2.05) is 25.1 Å². The smallest absolute Gasteiger partial charge is 0.409 e. The highest BCUT2D eigenvalue weighted by molar-refractivity contribution is 5.96. The molecule has 48 heavy (non-hydrogen) atoms. The van der Waals surface area contributed by atoms with E-state index < -0.39 is 29.9 Å². The Balaban J connectivity index is 1.30. The lowest BCUT2D eigenvalue weighted by Crippen LogP contribution is -2.56. The van der Waals surface area contributed by atoms with Gasteiger partial charge < -0.3 is 39.0 Å². The first-order valence-electron chi connectivity index (χ1n) is 16.0. The van der Waals surface area contributed by atoms with Gasteiger partial charge in [0.05, 0.1) is 18.3 Å². The number of nitrogens with one attached hydrogen (secondary N) is 1. The fourth-order valence-electron chi connectivity index (χ4n) is 5.85. The number of benzene rings is 1. The van der Waals surface area contributed by atoms with Crippen molar-refractivity contribution in [3.63, 3.8) is 0 Å². The molecule has 1 aromatic carbocycles. The number of carboxylic acid groups (broad SMARTS) is 1. The number of carbonyl (C=O) groups is 5. The van der Waals surface area contributed by atoms with Gasteiger partial charge in [-0.2, -0.15) is 5.10 Å². The predicted octanol–water partition coefficient (Wildman–Crippen LogP) is 2.78. The van der Waals surface area contributed by atoms with Gasteiger partial charge >= 0.3 is 12.1 Å². The zero-order valence-electron chi connectivity index (χ0n) is 27.0. The summed E-state index contributed by atoms with van der Waals surface area (Å²) in [5, 5.41) is 16.4. The number of amides is 4. The summed E-state index contributed by atoms with van der Waals surface area (Å²) in [4.78, 5) is 68.5. The maximum Gasteiger partial charge on any atom is 0.409 e. The van der Waals surface area contributed by atoms with Crippen LogP contribution in [0.2, 0.25) is 0 Å². The summed E-state index contributed by atoms with van der Waals surface area (Å²) in [5.41, 5.74) is 0.480. The largest absolute Gasteiger partial charge is 0.481 e. The van der Waals surface area contributed by atoms with Gasteiger partial charge in [0.25, 0.3) is 11.8 Å². The minimum atomic E-state index is -1.16. The first kappa shape index (κ1) is 34.0. The summed E-state index contributed by atoms with van der Waals surface area (Å²) in [6, 6.07) is 12.7. The monoisotopic (exact) mass is 664 g/mol. The van der Waals surface area contributed by atoms with Gasteiger partial charge in [-0.3, -0.25) is 19.2 Å². The Kier molecular flexibility index (Phi) is 11.0. The molecule has 2 aromatic heterocycles. The molecule has 1 unspecified atom stereocenters. The molecule has 2 atom stereocenters. The Morgan fingerprint density at radius 1 is 1.02 bits per heavy atom. The highest BCUT2D eigenvalue weighted by Gasteiger charge is 2.34. The third-order valence-electron chi connectivity index (χ3n) is 8.28. The van der Waals surface area contributed by atoms with Crippen LogP contribution in [0.25, 0.3) is 5.69 Å². The number of likely N-dealkylation sites (tertiary alicyclic amines) is 1. The summed E-state index contributed by atoms with van der Waals surface area (Å²) in [6.07, 6.45) is 0.617. The number of nitrogens with zero attached hydrogens (tertiary/aromatic N) is 5. The minimum Gasteiger partial charge on any atom is -0.481 e. The topological polar surface area (TPSA) is 177 Å². The van der Waals surface area contributed by atoms with Gasteiger partial charge in [0.15, 0.2) is 12.3 Å². The molecule has 3 aromatic rings. The molecule has 2 N–H and O–H groups in total. The van der Waals surface area contributed by atoms with Gasteiger partial charge in [-0.15, -0.1) is 0 Å². The SMILES string of the molecule is CCOC(=O)N1CCN(C(=O)C(CCC(=O)O)NC(=O)c2cc(OCC(=O)N3CCC[C@H]3c3ccc(C)o3)n(-c3ccccc3)n2)CC1. The third kappa shape index (κ3) is 8.14. The van der Waals surface area contributed by atoms with Crippen LogP contribution < -0.4 is 10.1 Å². The van der Waals surface area contributed by atoms with Gasteiger partial charge in [0.2, 0.25) is 11.8 Å². The van der Waals surface area contributed by atoms with E-state index in [0.717, 1.165) is 24.4 Å². The van der Waals surface area contributed by atoms with Crippen molar-refractivity contribution in [1.29, 1.82) is 0 Å². The molecule has 0 aliphatic carbocycles. The van der Waals surface area contributed by atoms with Crippen molar-refractivity contribution in [2.24, 2.45) is 0 Å². The predicted molar refractivity (Wildman–Crippen MR) is 169 cm³/mol. The van der Waals surface area contributed by atoms with Crippen molar-refractivity contribution < 1.29 is 43.0 Å². The number of para-hydroxylation sites is 1. The number of rotatable bonds is 12. The molecule has 0 bridgehead atoms. The number of hydrogen-bond acceptors (Lipinski definition) is 9. The number of hydrogen-bond donors (Lipinski definition) is 2. The van der Waals surface area contributed by atoms with Gasteiger partial charge in [-0.05, 0) is 57.4 Å². The summed E-state index contributed by atoms with van der Waals surface area (Å²) in [5.74, 6) is -0.938. The molecule has 0 radical (unpaired) electrons. The van der Waals surface area contributed by atoms with E-state index in [0.29, 0.717) is 12.2 Å². The van der Waals surface area contributed by atoms with Gasteiger partial charge in [-0.25, -0.2) is 9.48 Å². The number of ether oxygens (including phenoxy) is 2. The average molecular weight is 665 g/mol. The standard InChI is InChI=1S/C33H40N6O9/c1-3-46-33(45)37-18-16-36(17-19-37)32(44)24(12-14-30(41)42)34-31(43)25-20-29(39(35-25)23-8-5-4-6-9-23)47-21-28(40)38-15-7-10-26(38)27-13-11-22(2)48-27/h4-6,8-9,11,13,20,24,26H,3,7,10,12,14-19,21H2,1-2H3,(H,34,43)(H,41,42)/t24?,26-/m0/s1. The molecule has 15 heteroatoms. The van der Waals surface area contributed by atoms with Gasteiger partial charge in [-0.1, -0.05) is 18.2 Å². The molecule has 4 heterocycles.